The zero-order valence-corrected chi connectivity index (χ0v) is 11.7. The third-order valence-electron chi connectivity index (χ3n) is 2.73. The molecule has 21 heavy (non-hydrogen) atoms. The topological polar surface area (TPSA) is 89.6 Å². The summed E-state index contributed by atoms with van der Waals surface area (Å²) < 4.78 is 4.98. The van der Waals surface area contributed by atoms with E-state index in [4.69, 9.17) is 15.6 Å². The van der Waals surface area contributed by atoms with Crippen LogP contribution in [0.5, 0.6) is 0 Å². The summed E-state index contributed by atoms with van der Waals surface area (Å²) in [5.74, 6) is -0.981. The highest BCUT2D eigenvalue weighted by molar-refractivity contribution is 5.86. The van der Waals surface area contributed by atoms with Crippen molar-refractivity contribution < 1.29 is 19.4 Å². The van der Waals surface area contributed by atoms with Crippen molar-refractivity contribution in [3.63, 3.8) is 0 Å². The molecule has 0 saturated carbocycles. The van der Waals surface area contributed by atoms with E-state index in [0.717, 1.165) is 22.4 Å². The number of aliphatic carboxylic acids is 1. The minimum atomic E-state index is -0.981. The van der Waals surface area contributed by atoms with Crippen molar-refractivity contribution in [2.45, 2.75) is 13.0 Å². The molecule has 2 rings (SSSR count). The Morgan fingerprint density at radius 3 is 2.38 bits per heavy atom. The molecule has 0 aromatic heterocycles. The first-order valence-electron chi connectivity index (χ1n) is 6.24. The first kappa shape index (κ1) is 16.2. The second-order valence-electron chi connectivity index (χ2n) is 4.19. The molecule has 0 aliphatic carbocycles. The van der Waals surface area contributed by atoms with E-state index in [1.54, 1.807) is 0 Å². The van der Waals surface area contributed by atoms with Crippen LogP contribution in [0.1, 0.15) is 18.6 Å². The number of benzene rings is 2. The Hall–Kier alpha value is -2.82. The maximum atomic E-state index is 10.7. The fourth-order valence-electron chi connectivity index (χ4n) is 1.84. The van der Waals surface area contributed by atoms with Crippen molar-refractivity contribution in [1.82, 2.24) is 0 Å². The molecule has 1 unspecified atom stereocenters. The van der Waals surface area contributed by atoms with Gasteiger partial charge in [-0.15, -0.1) is 0 Å². The van der Waals surface area contributed by atoms with E-state index in [1.807, 2.05) is 49.4 Å². The molecule has 0 fully saturated rings. The first-order chi connectivity index (χ1) is 9.95. The maximum Gasteiger partial charge on any atom is 0.405 e. The first-order valence-corrected chi connectivity index (χ1v) is 6.24. The van der Waals surface area contributed by atoms with Crippen molar-refractivity contribution in [2.24, 2.45) is 5.73 Å². The predicted molar refractivity (Wildman–Crippen MR) is 80.9 cm³/mol. The molecule has 110 valence electrons. The lowest BCUT2D eigenvalue weighted by Gasteiger charge is -2.14. The van der Waals surface area contributed by atoms with Crippen molar-refractivity contribution in [2.75, 3.05) is 0 Å². The second-order valence-corrected chi connectivity index (χ2v) is 4.19. The summed E-state index contributed by atoms with van der Waals surface area (Å²) >= 11 is 0. The number of carbonyl (C=O) groups is 2. The van der Waals surface area contributed by atoms with Crippen LogP contribution in [-0.4, -0.2) is 17.2 Å². The molecule has 0 bridgehead atoms. The van der Waals surface area contributed by atoms with Gasteiger partial charge in [0.2, 0.25) is 0 Å². The van der Waals surface area contributed by atoms with Crippen LogP contribution >= 0.6 is 0 Å². The van der Waals surface area contributed by atoms with Gasteiger partial charge >= 0.3 is 12.1 Å². The fraction of sp³-hybridized carbons (Fsp3) is 0.125. The van der Waals surface area contributed by atoms with Gasteiger partial charge in [0.25, 0.3) is 0 Å². The number of fused-ring (bicyclic) bond motifs is 1. The lowest BCUT2D eigenvalue weighted by molar-refractivity contribution is -0.131. The van der Waals surface area contributed by atoms with Crippen LogP contribution in [0.15, 0.2) is 55.1 Å². The predicted octanol–water partition coefficient (Wildman–Crippen LogP) is 3.25. The standard InChI is InChI=1S/C13H13NO2.C3H4O2/c1-9(16-13(14)15)11-8-4-6-10-5-2-3-7-12(10)11;1-2-3(4)5/h2-9H,1H3,(H2,14,15);2H,1H2,(H,4,5). The van der Waals surface area contributed by atoms with E-state index >= 15 is 0 Å². The van der Waals surface area contributed by atoms with E-state index in [1.165, 1.54) is 0 Å². The molecular weight excluding hydrogens is 270 g/mol. The van der Waals surface area contributed by atoms with Gasteiger partial charge in [0.15, 0.2) is 0 Å². The highest BCUT2D eigenvalue weighted by atomic mass is 16.6. The molecule has 0 aliphatic heterocycles. The zero-order valence-electron chi connectivity index (χ0n) is 11.7. The van der Waals surface area contributed by atoms with Crippen LogP contribution in [0.4, 0.5) is 4.79 Å². The largest absolute Gasteiger partial charge is 0.478 e. The highest BCUT2D eigenvalue weighted by Crippen LogP contribution is 2.25. The summed E-state index contributed by atoms with van der Waals surface area (Å²) in [5.41, 5.74) is 5.98. The molecule has 1 amide bonds. The van der Waals surface area contributed by atoms with Gasteiger partial charge in [-0.3, -0.25) is 0 Å². The summed E-state index contributed by atoms with van der Waals surface area (Å²) in [7, 11) is 0. The Balaban J connectivity index is 0.000000383. The molecule has 2 aromatic rings. The Labute approximate surface area is 122 Å². The van der Waals surface area contributed by atoms with E-state index in [9.17, 15) is 9.59 Å². The van der Waals surface area contributed by atoms with Crippen LogP contribution in [-0.2, 0) is 9.53 Å². The number of nitrogens with two attached hydrogens (primary N) is 1. The SMILES string of the molecule is C=CC(=O)O.CC(OC(N)=O)c1cccc2ccccc12. The lowest BCUT2D eigenvalue weighted by atomic mass is 10.0. The monoisotopic (exact) mass is 287 g/mol. The number of rotatable bonds is 3. The average Bonchev–Trinajstić information content (AvgIpc) is 2.46. The maximum absolute atomic E-state index is 10.7. The smallest absolute Gasteiger partial charge is 0.405 e. The quantitative estimate of drug-likeness (QED) is 0.848. The van der Waals surface area contributed by atoms with Crippen LogP contribution < -0.4 is 5.73 Å². The van der Waals surface area contributed by atoms with Gasteiger partial charge in [0, 0.05) is 11.6 Å². The van der Waals surface area contributed by atoms with Crippen molar-refractivity contribution in [3.05, 3.63) is 60.7 Å². The number of ether oxygens (including phenoxy) is 1. The molecule has 0 radical (unpaired) electrons. The molecule has 0 aliphatic rings. The number of amides is 1. The number of carboxylic acids is 1. The molecule has 0 heterocycles. The summed E-state index contributed by atoms with van der Waals surface area (Å²) in [4.78, 5) is 20.0. The van der Waals surface area contributed by atoms with E-state index in [0.29, 0.717) is 0 Å². The summed E-state index contributed by atoms with van der Waals surface area (Å²) in [6, 6.07) is 13.9. The number of primary amides is 1. The Kier molecular flexibility index (Phi) is 5.95. The van der Waals surface area contributed by atoms with E-state index in [2.05, 4.69) is 6.58 Å². The van der Waals surface area contributed by atoms with Crippen LogP contribution in [0.3, 0.4) is 0 Å². The zero-order chi connectivity index (χ0) is 15.8. The molecule has 1 atom stereocenters. The second kappa shape index (κ2) is 7.69. The van der Waals surface area contributed by atoms with Gasteiger partial charge in [-0.1, -0.05) is 49.0 Å². The van der Waals surface area contributed by atoms with Gasteiger partial charge < -0.3 is 15.6 Å². The number of hydrogen-bond acceptors (Lipinski definition) is 3. The van der Waals surface area contributed by atoms with Gasteiger partial charge in [-0.05, 0) is 17.7 Å². The van der Waals surface area contributed by atoms with Crippen LogP contribution in [0.25, 0.3) is 10.8 Å². The van der Waals surface area contributed by atoms with E-state index < -0.39 is 12.1 Å². The van der Waals surface area contributed by atoms with Crippen LogP contribution in [0.2, 0.25) is 0 Å². The number of carboxylic acid groups (broad SMARTS) is 1. The van der Waals surface area contributed by atoms with Gasteiger partial charge in [-0.25, -0.2) is 9.59 Å². The van der Waals surface area contributed by atoms with E-state index in [-0.39, 0.29) is 6.10 Å². The third-order valence-corrected chi connectivity index (χ3v) is 2.73. The minimum Gasteiger partial charge on any atom is -0.478 e. The Morgan fingerprint density at radius 2 is 1.81 bits per heavy atom. The van der Waals surface area contributed by atoms with Gasteiger partial charge in [-0.2, -0.15) is 0 Å². The van der Waals surface area contributed by atoms with Crippen molar-refractivity contribution >= 4 is 22.8 Å². The summed E-state index contributed by atoms with van der Waals surface area (Å²) in [6.07, 6.45) is -0.246. The fourth-order valence-corrected chi connectivity index (χ4v) is 1.84. The third kappa shape index (κ3) is 4.99. The molecule has 3 N–H and O–H groups in total. The number of carbonyl (C=O) groups excluding carboxylic acids is 1. The minimum absolute atomic E-state index is 0.330. The molecule has 2 aromatic carbocycles. The lowest BCUT2D eigenvalue weighted by Crippen LogP contribution is -2.15. The Morgan fingerprint density at radius 1 is 1.24 bits per heavy atom. The molecule has 5 heteroatoms. The highest BCUT2D eigenvalue weighted by Gasteiger charge is 2.11. The van der Waals surface area contributed by atoms with Crippen LogP contribution in [0, 0.1) is 0 Å². The molecule has 5 nitrogen and oxygen atoms in total. The molecule has 0 saturated heterocycles. The van der Waals surface area contributed by atoms with Crippen molar-refractivity contribution in [1.29, 1.82) is 0 Å². The van der Waals surface area contributed by atoms with Gasteiger partial charge in [0.05, 0.1) is 0 Å². The normalized spacial score (nSPS) is 10.9. The number of hydrogen-bond donors (Lipinski definition) is 2. The molecular formula is C16H17NO4. The Bertz CT molecular complexity index is 646. The van der Waals surface area contributed by atoms with Gasteiger partial charge in [0.1, 0.15) is 6.10 Å². The summed E-state index contributed by atoms with van der Waals surface area (Å²) in [6.45, 7) is 4.77. The molecule has 0 spiro atoms. The summed E-state index contributed by atoms with van der Waals surface area (Å²) in [5, 5.41) is 9.81. The van der Waals surface area contributed by atoms with Crippen molar-refractivity contribution in [3.8, 4) is 0 Å². The average molecular weight is 287 g/mol.